The SMILES string of the molecule is C.CC1=CC(C)(C)Nc2cc3c(cc21)C(c1ccc(C(=O)NCCCCCC(=O)NCCCCCNC(=O)CCCCC[n+]2c4cc(N(C)C)ccc4cc4ccc(N(C)C)cc42)cc1)=c1cc2c(cc1O3)=[NH+]C(C)(C)C=C2C. The van der Waals surface area contributed by atoms with Crippen LogP contribution in [-0.4, -0.2) is 76.6 Å². The van der Waals surface area contributed by atoms with E-state index in [4.69, 9.17) is 4.74 Å². The smallest absolute Gasteiger partial charge is 0.251 e. The number of anilines is 3. The second kappa shape index (κ2) is 24.7. The first-order chi connectivity index (χ1) is 37.3. The van der Waals surface area contributed by atoms with Gasteiger partial charge >= 0.3 is 0 Å². The van der Waals surface area contributed by atoms with Gasteiger partial charge in [0.05, 0.1) is 11.6 Å². The zero-order valence-corrected chi connectivity index (χ0v) is 47.9. The number of benzene rings is 5. The molecule has 3 aliphatic heterocycles. The number of allylic oxidation sites excluding steroid dienone is 2. The van der Waals surface area contributed by atoms with Gasteiger partial charge in [-0.15, -0.1) is 0 Å². The van der Waals surface area contributed by atoms with Crippen molar-refractivity contribution in [3.8, 4) is 11.5 Å². The summed E-state index contributed by atoms with van der Waals surface area (Å²) in [4.78, 5) is 46.6. The van der Waals surface area contributed by atoms with Crippen molar-refractivity contribution in [2.45, 2.75) is 137 Å². The van der Waals surface area contributed by atoms with Crippen molar-refractivity contribution >= 4 is 73.3 Å². The maximum Gasteiger partial charge on any atom is 0.251 e. The highest BCUT2D eigenvalue weighted by Gasteiger charge is 2.31. The molecule has 0 unspecified atom stereocenters. The highest BCUT2D eigenvalue weighted by Crippen LogP contribution is 2.44. The third kappa shape index (κ3) is 13.7. The number of hydrogen-bond donors (Lipinski definition) is 5. The van der Waals surface area contributed by atoms with Crippen molar-refractivity contribution in [2.75, 3.05) is 62.9 Å². The Morgan fingerprint density at radius 1 is 0.595 bits per heavy atom. The van der Waals surface area contributed by atoms with Crippen molar-refractivity contribution in [3.63, 3.8) is 0 Å². The largest absolute Gasteiger partial charge is 0.456 e. The zero-order chi connectivity index (χ0) is 55.3. The van der Waals surface area contributed by atoms with Gasteiger partial charge in [-0.1, -0.05) is 32.1 Å². The molecule has 0 atom stereocenters. The molecular formula is C67H86N8O4+2. The summed E-state index contributed by atoms with van der Waals surface area (Å²) < 4.78 is 9.21. The topological polar surface area (TPSA) is 133 Å². The lowest BCUT2D eigenvalue weighted by Gasteiger charge is -2.33. The molecule has 9 rings (SSSR count). The van der Waals surface area contributed by atoms with Crippen LogP contribution in [0.25, 0.3) is 38.5 Å². The van der Waals surface area contributed by atoms with Gasteiger partial charge in [-0.25, -0.2) is 4.99 Å². The van der Waals surface area contributed by atoms with E-state index < -0.39 is 0 Å². The molecule has 0 saturated heterocycles. The van der Waals surface area contributed by atoms with E-state index in [-0.39, 0.29) is 36.2 Å². The number of hydrogen-bond acceptors (Lipinski definition) is 7. The lowest BCUT2D eigenvalue weighted by molar-refractivity contribution is -0.645. The summed E-state index contributed by atoms with van der Waals surface area (Å²) in [5.41, 5.74) is 13.9. The Balaban J connectivity index is 0.00000822. The zero-order valence-electron chi connectivity index (χ0n) is 47.9. The average molecular weight is 1070 g/mol. The van der Waals surface area contributed by atoms with Crippen molar-refractivity contribution in [3.05, 3.63) is 142 Å². The van der Waals surface area contributed by atoms with E-state index in [0.717, 1.165) is 120 Å². The second-order valence-corrected chi connectivity index (χ2v) is 23.4. The van der Waals surface area contributed by atoms with Gasteiger partial charge in [-0.2, -0.15) is 4.57 Å². The van der Waals surface area contributed by atoms with E-state index in [0.29, 0.717) is 38.0 Å². The number of pyridine rings is 1. The van der Waals surface area contributed by atoms with Gasteiger partial charge in [0.1, 0.15) is 18.0 Å². The van der Waals surface area contributed by atoms with Gasteiger partial charge < -0.3 is 35.8 Å². The number of carbonyl (C=O) groups excluding carboxylic acids is 3. The van der Waals surface area contributed by atoms with Crippen LogP contribution in [0.5, 0.6) is 11.5 Å². The molecule has 3 aliphatic rings. The fourth-order valence-electron chi connectivity index (χ4n) is 11.5. The fraction of sp³-hybridized carbons (Fsp3) is 0.418. The predicted molar refractivity (Wildman–Crippen MR) is 326 cm³/mol. The van der Waals surface area contributed by atoms with Gasteiger partial charge in [0.15, 0.2) is 5.54 Å². The minimum absolute atomic E-state index is 0. The molecule has 12 nitrogen and oxygen atoms in total. The maximum atomic E-state index is 13.4. The first-order valence-corrected chi connectivity index (χ1v) is 28.4. The van der Waals surface area contributed by atoms with Crippen molar-refractivity contribution in [1.82, 2.24) is 16.0 Å². The van der Waals surface area contributed by atoms with Crippen LogP contribution >= 0.6 is 0 Å². The summed E-state index contributed by atoms with van der Waals surface area (Å²) in [5, 5.41) is 17.5. The Kier molecular flexibility index (Phi) is 18.0. The van der Waals surface area contributed by atoms with E-state index >= 15 is 0 Å². The molecule has 79 heavy (non-hydrogen) atoms. The summed E-state index contributed by atoms with van der Waals surface area (Å²) in [5.74, 6) is 1.64. The minimum Gasteiger partial charge on any atom is -0.456 e. The van der Waals surface area contributed by atoms with Gasteiger partial charge in [-0.05, 0) is 150 Å². The molecule has 0 saturated carbocycles. The normalized spacial score (nSPS) is 14.4. The van der Waals surface area contributed by atoms with Crippen molar-refractivity contribution in [2.24, 2.45) is 0 Å². The number of rotatable bonds is 22. The molecule has 0 aliphatic carbocycles. The average Bonchev–Trinajstić information content (AvgIpc) is 3.60. The standard InChI is InChI=1S/C66H80N8O4.CH4/c1-43-41-65(3,4)70-55-39-59-53(37-51(43)55)63(54-38-52-44(2)42-66(5,6)71-56(52)40-60(54)78-59)45-22-24-46(25-23-45)64(77)69-32-16-11-14-20-61(75)67-30-17-13-18-31-68-62(76)21-15-12-19-33-74-57-35-49(72(7)8)28-26-47(57)34-48-27-29-50(73(9)10)36-58(48)74;/h22-29,34-42H,11-21,30-33H2,1-10H3,(H3-,67,68,69,70,71,75,76,77);1H4/p+2. The Labute approximate surface area is 469 Å². The number of amides is 3. The Bertz CT molecular complexity index is 3390. The summed E-state index contributed by atoms with van der Waals surface area (Å²) in [6.45, 7) is 15.8. The van der Waals surface area contributed by atoms with Crippen molar-refractivity contribution in [1.29, 1.82) is 0 Å². The number of aromatic nitrogens is 1. The van der Waals surface area contributed by atoms with E-state index in [1.807, 2.05) is 24.3 Å². The fourth-order valence-corrected chi connectivity index (χ4v) is 11.5. The maximum absolute atomic E-state index is 13.4. The number of unbranched alkanes of at least 4 members (excludes halogenated alkanes) is 6. The molecule has 4 heterocycles. The monoisotopic (exact) mass is 1070 g/mol. The van der Waals surface area contributed by atoms with Crippen LogP contribution in [0.3, 0.4) is 0 Å². The van der Waals surface area contributed by atoms with E-state index in [1.54, 1.807) is 0 Å². The van der Waals surface area contributed by atoms with Crippen LogP contribution in [0.1, 0.15) is 152 Å². The quantitative estimate of drug-likeness (QED) is 0.0260. The number of ether oxygens (including phenoxy) is 1. The highest BCUT2D eigenvalue weighted by atomic mass is 16.5. The molecule has 3 amide bonds. The van der Waals surface area contributed by atoms with Crippen LogP contribution in [0, 0.1) is 0 Å². The molecule has 1 aromatic heterocycles. The Morgan fingerprint density at radius 3 is 1.77 bits per heavy atom. The van der Waals surface area contributed by atoms with Crippen LogP contribution in [0.4, 0.5) is 17.1 Å². The summed E-state index contributed by atoms with van der Waals surface area (Å²) in [6, 6.07) is 32.3. The van der Waals surface area contributed by atoms with Crippen LogP contribution in [-0.2, 0) is 16.1 Å². The van der Waals surface area contributed by atoms with Crippen LogP contribution < -0.4 is 55.9 Å². The van der Waals surface area contributed by atoms with E-state index in [9.17, 15) is 14.4 Å². The first kappa shape index (κ1) is 57.7. The predicted octanol–water partition coefficient (Wildman–Crippen LogP) is 9.86. The summed E-state index contributed by atoms with van der Waals surface area (Å²) in [7, 11) is 8.31. The number of nitrogens with zero attached hydrogens (tertiary/aromatic N) is 3. The summed E-state index contributed by atoms with van der Waals surface area (Å²) >= 11 is 0. The van der Waals surface area contributed by atoms with E-state index in [2.05, 4.69) is 189 Å². The molecule has 12 heteroatoms. The van der Waals surface area contributed by atoms with Gasteiger partial charge in [0.2, 0.25) is 28.2 Å². The molecule has 5 N–H and O–H groups in total. The molecule has 0 radical (unpaired) electrons. The van der Waals surface area contributed by atoms with Gasteiger partial charge in [0, 0.05) is 160 Å². The van der Waals surface area contributed by atoms with Gasteiger partial charge in [-0.3, -0.25) is 14.4 Å². The number of fused-ring (bicyclic) bond motifs is 6. The van der Waals surface area contributed by atoms with E-state index in [1.165, 1.54) is 44.3 Å². The first-order valence-electron chi connectivity index (χ1n) is 28.4. The third-order valence-electron chi connectivity index (χ3n) is 15.5. The third-order valence-corrected chi connectivity index (χ3v) is 15.5. The van der Waals surface area contributed by atoms with Crippen molar-refractivity contribution < 1.29 is 28.7 Å². The lowest BCUT2D eigenvalue weighted by Crippen LogP contribution is -2.89. The Hall–Kier alpha value is -7.47. The molecule has 0 fully saturated rings. The van der Waals surface area contributed by atoms with Crippen LogP contribution in [0.2, 0.25) is 0 Å². The van der Waals surface area contributed by atoms with Gasteiger partial charge in [0.25, 0.3) is 5.91 Å². The minimum atomic E-state index is -0.184. The highest BCUT2D eigenvalue weighted by molar-refractivity contribution is 5.96. The molecule has 0 bridgehead atoms. The second-order valence-electron chi connectivity index (χ2n) is 23.4. The molecule has 0 spiro atoms. The molecule has 416 valence electrons. The number of aryl methyl sites for hydroxylation is 1. The lowest BCUT2D eigenvalue weighted by atomic mass is 9.85. The Morgan fingerprint density at radius 2 is 1.16 bits per heavy atom. The van der Waals surface area contributed by atoms with Crippen LogP contribution in [0.15, 0.2) is 103 Å². The number of carbonyl (C=O) groups is 3. The molecule has 6 aromatic rings. The molecular weight excluding hydrogens is 981 g/mol. The summed E-state index contributed by atoms with van der Waals surface area (Å²) in [6.07, 6.45) is 13.5. The molecule has 5 aromatic carbocycles. The number of nitrogens with one attached hydrogen (secondary N) is 5.